The molecule has 0 radical (unpaired) electrons. The summed E-state index contributed by atoms with van der Waals surface area (Å²) < 4.78 is 0.558. The maximum absolute atomic E-state index is 12.0. The number of phenolic OH excluding ortho intramolecular Hbond substituents is 1. The highest BCUT2D eigenvalue weighted by molar-refractivity contribution is 9.10. The molecule has 7 nitrogen and oxygen atoms in total. The molecule has 0 fully saturated rings. The highest BCUT2D eigenvalue weighted by Gasteiger charge is 2.20. The lowest BCUT2D eigenvalue weighted by molar-refractivity contribution is -0.384. The van der Waals surface area contributed by atoms with Gasteiger partial charge in [0.15, 0.2) is 5.69 Å². The van der Waals surface area contributed by atoms with Crippen LogP contribution in [0.3, 0.4) is 0 Å². The number of carbonyl (C=O) groups is 1. The molecule has 0 saturated carbocycles. The van der Waals surface area contributed by atoms with Crippen LogP contribution >= 0.6 is 15.9 Å². The van der Waals surface area contributed by atoms with Crippen LogP contribution in [0.1, 0.15) is 10.4 Å². The number of aromatic nitrogens is 1. The van der Waals surface area contributed by atoms with Crippen molar-refractivity contribution < 1.29 is 14.8 Å². The lowest BCUT2D eigenvalue weighted by Gasteiger charge is -2.07. The van der Waals surface area contributed by atoms with Gasteiger partial charge in [-0.05, 0) is 34.1 Å². The van der Waals surface area contributed by atoms with Crippen LogP contribution in [0.15, 0.2) is 41.1 Å². The number of phenols is 1. The molecule has 0 spiro atoms. The van der Waals surface area contributed by atoms with E-state index in [2.05, 4.69) is 26.2 Å². The van der Waals surface area contributed by atoms with Crippen molar-refractivity contribution in [1.29, 1.82) is 0 Å². The predicted molar refractivity (Wildman–Crippen MR) is 74.7 cm³/mol. The number of aromatic hydroxyl groups is 1. The van der Waals surface area contributed by atoms with Gasteiger partial charge in [0.1, 0.15) is 10.4 Å². The maximum atomic E-state index is 12.0. The van der Waals surface area contributed by atoms with Gasteiger partial charge in [0.2, 0.25) is 0 Å². The van der Waals surface area contributed by atoms with E-state index in [1.165, 1.54) is 30.5 Å². The molecule has 0 aliphatic rings. The van der Waals surface area contributed by atoms with Gasteiger partial charge in [-0.3, -0.25) is 14.9 Å². The first kappa shape index (κ1) is 13.9. The van der Waals surface area contributed by atoms with Crippen molar-refractivity contribution >= 4 is 33.2 Å². The molecular weight excluding hydrogens is 330 g/mol. The van der Waals surface area contributed by atoms with Crippen LogP contribution in [0.2, 0.25) is 0 Å². The molecule has 102 valence electrons. The summed E-state index contributed by atoms with van der Waals surface area (Å²) in [7, 11) is 0. The van der Waals surface area contributed by atoms with Crippen LogP contribution in [0.4, 0.5) is 11.4 Å². The second kappa shape index (κ2) is 5.66. The first-order valence-electron chi connectivity index (χ1n) is 5.38. The van der Waals surface area contributed by atoms with Crippen LogP contribution in [-0.2, 0) is 0 Å². The average molecular weight is 338 g/mol. The molecule has 0 atom stereocenters. The van der Waals surface area contributed by atoms with Gasteiger partial charge in [-0.1, -0.05) is 6.07 Å². The number of carbonyl (C=O) groups excluding carboxylic acids is 1. The molecule has 0 aliphatic carbocycles. The third-order valence-electron chi connectivity index (χ3n) is 2.45. The molecule has 1 aromatic heterocycles. The largest absolute Gasteiger partial charge is 0.505 e. The van der Waals surface area contributed by atoms with E-state index in [0.717, 1.165) is 0 Å². The van der Waals surface area contributed by atoms with Crippen LogP contribution < -0.4 is 5.32 Å². The first-order chi connectivity index (χ1) is 9.49. The summed E-state index contributed by atoms with van der Waals surface area (Å²) in [6.07, 6.45) is 1.31. The number of para-hydroxylation sites is 1. The Morgan fingerprint density at radius 2 is 2.10 bits per heavy atom. The lowest BCUT2D eigenvalue weighted by atomic mass is 10.2. The van der Waals surface area contributed by atoms with E-state index in [1.54, 1.807) is 6.07 Å². The highest BCUT2D eigenvalue weighted by atomic mass is 79.9. The molecule has 20 heavy (non-hydrogen) atoms. The van der Waals surface area contributed by atoms with Gasteiger partial charge in [0, 0.05) is 12.3 Å². The zero-order chi connectivity index (χ0) is 14.7. The van der Waals surface area contributed by atoms with Gasteiger partial charge >= 0.3 is 0 Å². The second-order valence-electron chi connectivity index (χ2n) is 3.75. The predicted octanol–water partition coefficient (Wildman–Crippen LogP) is 2.71. The number of nitro groups is 1. The summed E-state index contributed by atoms with van der Waals surface area (Å²) >= 11 is 3.13. The summed E-state index contributed by atoms with van der Waals surface area (Å²) in [5.41, 5.74) is -0.417. The Labute approximate surface area is 121 Å². The van der Waals surface area contributed by atoms with Crippen LogP contribution in [0.5, 0.6) is 5.75 Å². The van der Waals surface area contributed by atoms with E-state index in [9.17, 15) is 20.0 Å². The van der Waals surface area contributed by atoms with E-state index in [1.807, 2.05) is 0 Å². The van der Waals surface area contributed by atoms with Gasteiger partial charge in [-0.2, -0.15) is 0 Å². The lowest BCUT2D eigenvalue weighted by Crippen LogP contribution is -2.13. The summed E-state index contributed by atoms with van der Waals surface area (Å²) in [5, 5.41) is 22.8. The molecule has 1 heterocycles. The minimum absolute atomic E-state index is 0.214. The Kier molecular flexibility index (Phi) is 3.94. The third kappa shape index (κ3) is 2.91. The number of amides is 1. The fourth-order valence-electron chi connectivity index (χ4n) is 1.50. The van der Waals surface area contributed by atoms with Crippen LogP contribution in [0.25, 0.3) is 0 Å². The third-order valence-corrected chi connectivity index (χ3v) is 2.91. The SMILES string of the molecule is O=C(Nc1c(O)cccc1[N+](=O)[O-])c1ccc(Br)nc1. The van der Waals surface area contributed by atoms with Crippen LogP contribution in [-0.4, -0.2) is 20.9 Å². The summed E-state index contributed by atoms with van der Waals surface area (Å²) in [6.45, 7) is 0. The minimum atomic E-state index is -0.685. The molecule has 2 aromatic rings. The average Bonchev–Trinajstić information content (AvgIpc) is 2.41. The minimum Gasteiger partial charge on any atom is -0.505 e. The number of pyridine rings is 1. The molecule has 0 bridgehead atoms. The molecule has 0 saturated heterocycles. The Balaban J connectivity index is 2.32. The Morgan fingerprint density at radius 1 is 1.35 bits per heavy atom. The number of anilines is 1. The van der Waals surface area contributed by atoms with E-state index in [4.69, 9.17) is 0 Å². The topological polar surface area (TPSA) is 105 Å². The zero-order valence-corrected chi connectivity index (χ0v) is 11.5. The monoisotopic (exact) mass is 337 g/mol. The quantitative estimate of drug-likeness (QED) is 0.387. The van der Waals surface area contributed by atoms with Crippen molar-refractivity contribution in [3.05, 3.63) is 56.8 Å². The number of nitro benzene ring substituents is 1. The molecule has 2 N–H and O–H groups in total. The highest BCUT2D eigenvalue weighted by Crippen LogP contribution is 2.33. The van der Waals surface area contributed by atoms with Gasteiger partial charge in [0.25, 0.3) is 11.6 Å². The Bertz CT molecular complexity index is 673. The second-order valence-corrected chi connectivity index (χ2v) is 4.56. The number of nitrogens with zero attached hydrogens (tertiary/aromatic N) is 2. The number of hydrogen-bond donors (Lipinski definition) is 2. The fourth-order valence-corrected chi connectivity index (χ4v) is 1.74. The van der Waals surface area contributed by atoms with Crippen molar-refractivity contribution in [3.8, 4) is 5.75 Å². The Hall–Kier alpha value is -2.48. The van der Waals surface area contributed by atoms with Crippen molar-refractivity contribution in [2.45, 2.75) is 0 Å². The Morgan fingerprint density at radius 3 is 2.70 bits per heavy atom. The molecule has 8 heteroatoms. The van der Waals surface area contributed by atoms with Gasteiger partial charge in [-0.25, -0.2) is 4.98 Å². The van der Waals surface area contributed by atoms with Gasteiger partial charge in [0.05, 0.1) is 10.5 Å². The maximum Gasteiger partial charge on any atom is 0.296 e. The normalized spacial score (nSPS) is 10.1. The summed E-state index contributed by atoms with van der Waals surface area (Å²) in [4.78, 5) is 26.0. The van der Waals surface area contributed by atoms with Gasteiger partial charge < -0.3 is 10.4 Å². The van der Waals surface area contributed by atoms with Crippen molar-refractivity contribution in [2.24, 2.45) is 0 Å². The number of halogens is 1. The van der Waals surface area contributed by atoms with Crippen molar-refractivity contribution in [3.63, 3.8) is 0 Å². The molecule has 1 aromatic carbocycles. The van der Waals surface area contributed by atoms with E-state index >= 15 is 0 Å². The molecular formula is C12H8BrN3O4. The van der Waals surface area contributed by atoms with Crippen molar-refractivity contribution in [2.75, 3.05) is 5.32 Å². The number of rotatable bonds is 3. The van der Waals surface area contributed by atoms with Crippen LogP contribution in [0, 0.1) is 10.1 Å². The van der Waals surface area contributed by atoms with E-state index in [0.29, 0.717) is 4.60 Å². The van der Waals surface area contributed by atoms with E-state index < -0.39 is 10.8 Å². The van der Waals surface area contributed by atoms with Gasteiger partial charge in [-0.15, -0.1) is 0 Å². The smallest absolute Gasteiger partial charge is 0.296 e. The summed E-state index contributed by atoms with van der Waals surface area (Å²) in [6, 6.07) is 6.83. The standard InChI is InChI=1S/C12H8BrN3O4/c13-10-5-4-7(6-14-10)12(18)15-11-8(16(19)20)2-1-3-9(11)17/h1-6,17H,(H,15,18). The molecule has 2 rings (SSSR count). The fraction of sp³-hybridized carbons (Fsp3) is 0. The molecule has 0 aliphatic heterocycles. The number of benzene rings is 1. The van der Waals surface area contributed by atoms with Crippen molar-refractivity contribution in [1.82, 2.24) is 4.98 Å². The number of nitrogens with one attached hydrogen (secondary N) is 1. The molecule has 1 amide bonds. The number of hydrogen-bond acceptors (Lipinski definition) is 5. The van der Waals surface area contributed by atoms with E-state index in [-0.39, 0.29) is 22.7 Å². The summed E-state index contributed by atoms with van der Waals surface area (Å²) in [5.74, 6) is -0.979. The molecule has 0 unspecified atom stereocenters. The first-order valence-corrected chi connectivity index (χ1v) is 6.17. The zero-order valence-electron chi connectivity index (χ0n) is 9.91.